The predicted molar refractivity (Wildman–Crippen MR) is 111 cm³/mol. The molecule has 2 rings (SSSR count). The lowest BCUT2D eigenvalue weighted by atomic mass is 10.1. The van der Waals surface area contributed by atoms with Gasteiger partial charge in [0.1, 0.15) is 5.75 Å². The molecule has 0 unspecified atom stereocenters. The zero-order valence-electron chi connectivity index (χ0n) is 16.6. The maximum Gasteiger partial charge on any atom is 0.259 e. The summed E-state index contributed by atoms with van der Waals surface area (Å²) in [5.41, 5.74) is 0.962. The Morgan fingerprint density at radius 1 is 1.00 bits per heavy atom. The molecule has 0 bridgehead atoms. The monoisotopic (exact) mass is 404 g/mol. The zero-order chi connectivity index (χ0) is 20.6. The van der Waals surface area contributed by atoms with Crippen molar-refractivity contribution in [3.05, 3.63) is 54.1 Å². The number of carbonyl (C=O) groups is 1. The van der Waals surface area contributed by atoms with E-state index in [1.807, 2.05) is 6.07 Å². The summed E-state index contributed by atoms with van der Waals surface area (Å²) >= 11 is 0. The van der Waals surface area contributed by atoms with Gasteiger partial charge in [0.25, 0.3) is 5.91 Å². The number of sulfonamides is 1. The van der Waals surface area contributed by atoms with Gasteiger partial charge in [0, 0.05) is 19.8 Å². The third kappa shape index (κ3) is 5.81. The molecule has 28 heavy (non-hydrogen) atoms. The van der Waals surface area contributed by atoms with E-state index in [2.05, 4.69) is 12.2 Å². The van der Waals surface area contributed by atoms with E-state index in [4.69, 9.17) is 4.74 Å². The first-order valence-electron chi connectivity index (χ1n) is 9.42. The van der Waals surface area contributed by atoms with Gasteiger partial charge in [-0.2, -0.15) is 0 Å². The van der Waals surface area contributed by atoms with Crippen LogP contribution in [0, 0.1) is 0 Å². The van der Waals surface area contributed by atoms with E-state index < -0.39 is 10.0 Å². The summed E-state index contributed by atoms with van der Waals surface area (Å²) in [5, 5.41) is 2.79. The van der Waals surface area contributed by atoms with Crippen molar-refractivity contribution in [1.29, 1.82) is 0 Å². The number of hydrogen-bond acceptors (Lipinski definition) is 4. The summed E-state index contributed by atoms with van der Waals surface area (Å²) in [6.45, 7) is 2.73. The van der Waals surface area contributed by atoms with Crippen LogP contribution in [-0.4, -0.2) is 39.3 Å². The predicted octanol–water partition coefficient (Wildman–Crippen LogP) is 4.15. The summed E-state index contributed by atoms with van der Waals surface area (Å²) in [5.74, 6) is 0.246. The average Bonchev–Trinajstić information content (AvgIpc) is 2.68. The highest BCUT2D eigenvalue weighted by Crippen LogP contribution is 2.21. The van der Waals surface area contributed by atoms with Crippen molar-refractivity contribution in [1.82, 2.24) is 4.31 Å². The van der Waals surface area contributed by atoms with Crippen molar-refractivity contribution in [3.63, 3.8) is 0 Å². The van der Waals surface area contributed by atoms with Crippen LogP contribution in [0.5, 0.6) is 5.75 Å². The highest BCUT2D eigenvalue weighted by atomic mass is 32.2. The van der Waals surface area contributed by atoms with E-state index in [0.717, 1.165) is 23.6 Å². The standard InChI is InChI=1S/C21H28N2O4S/c1-4-5-6-9-16-27-20-11-8-7-10-19(20)21(24)22-17-12-14-18(15-13-17)28(25,26)23(2)3/h7-8,10-15H,4-6,9,16H2,1-3H3,(H,22,24). The number of rotatable bonds is 10. The van der Waals surface area contributed by atoms with Gasteiger partial charge < -0.3 is 10.1 Å². The Balaban J connectivity index is 2.05. The summed E-state index contributed by atoms with van der Waals surface area (Å²) in [7, 11) is -0.545. The minimum Gasteiger partial charge on any atom is -0.493 e. The van der Waals surface area contributed by atoms with Gasteiger partial charge in [-0.15, -0.1) is 0 Å². The quantitative estimate of drug-likeness (QED) is 0.604. The maximum atomic E-state index is 12.6. The number of benzene rings is 2. The van der Waals surface area contributed by atoms with Gasteiger partial charge in [-0.3, -0.25) is 4.79 Å². The fourth-order valence-electron chi connectivity index (χ4n) is 2.61. The van der Waals surface area contributed by atoms with Crippen LogP contribution in [0.3, 0.4) is 0 Å². The van der Waals surface area contributed by atoms with Crippen molar-refractivity contribution in [3.8, 4) is 5.75 Å². The van der Waals surface area contributed by atoms with E-state index in [1.165, 1.54) is 32.6 Å². The molecule has 152 valence electrons. The Bertz CT molecular complexity index is 878. The Labute approximate surface area is 167 Å². The molecule has 0 saturated heterocycles. The van der Waals surface area contributed by atoms with E-state index >= 15 is 0 Å². The number of carbonyl (C=O) groups excluding carboxylic acids is 1. The second-order valence-corrected chi connectivity index (χ2v) is 8.82. The molecule has 0 atom stereocenters. The molecule has 2 aromatic carbocycles. The van der Waals surface area contributed by atoms with Crippen LogP contribution in [0.15, 0.2) is 53.4 Å². The molecule has 0 aromatic heterocycles. The van der Waals surface area contributed by atoms with Crippen molar-refractivity contribution in [2.45, 2.75) is 37.5 Å². The molecule has 0 aliphatic heterocycles. The number of nitrogens with zero attached hydrogens (tertiary/aromatic N) is 1. The van der Waals surface area contributed by atoms with Crippen molar-refractivity contribution in [2.75, 3.05) is 26.0 Å². The SMILES string of the molecule is CCCCCCOc1ccccc1C(=O)Nc1ccc(S(=O)(=O)N(C)C)cc1. The Kier molecular flexibility index (Phi) is 8.02. The molecule has 0 spiro atoms. The Morgan fingerprint density at radius 2 is 1.68 bits per heavy atom. The molecule has 7 heteroatoms. The summed E-state index contributed by atoms with van der Waals surface area (Å²) in [6, 6.07) is 13.2. The van der Waals surface area contributed by atoms with E-state index in [9.17, 15) is 13.2 Å². The lowest BCUT2D eigenvalue weighted by Gasteiger charge is -2.13. The Hall–Kier alpha value is -2.38. The number of ether oxygens (including phenoxy) is 1. The molecule has 0 saturated carbocycles. The van der Waals surface area contributed by atoms with Crippen LogP contribution in [0.25, 0.3) is 0 Å². The summed E-state index contributed by atoms with van der Waals surface area (Å²) < 4.78 is 31.2. The fraction of sp³-hybridized carbons (Fsp3) is 0.381. The molecule has 1 amide bonds. The van der Waals surface area contributed by atoms with E-state index in [1.54, 1.807) is 30.3 Å². The van der Waals surface area contributed by atoms with Crippen LogP contribution < -0.4 is 10.1 Å². The first kappa shape index (κ1) is 21.9. The van der Waals surface area contributed by atoms with Crippen molar-refractivity contribution in [2.24, 2.45) is 0 Å². The van der Waals surface area contributed by atoms with Crippen molar-refractivity contribution >= 4 is 21.6 Å². The first-order chi connectivity index (χ1) is 13.4. The van der Waals surface area contributed by atoms with Crippen LogP contribution in [0.4, 0.5) is 5.69 Å². The third-order valence-electron chi connectivity index (χ3n) is 4.28. The van der Waals surface area contributed by atoms with Crippen LogP contribution in [0.1, 0.15) is 43.0 Å². The smallest absolute Gasteiger partial charge is 0.259 e. The average molecular weight is 405 g/mol. The fourth-order valence-corrected chi connectivity index (χ4v) is 3.51. The number of unbranched alkanes of at least 4 members (excludes halogenated alkanes) is 3. The largest absolute Gasteiger partial charge is 0.493 e. The number of hydrogen-bond donors (Lipinski definition) is 1. The number of nitrogens with one attached hydrogen (secondary N) is 1. The lowest BCUT2D eigenvalue weighted by Crippen LogP contribution is -2.22. The molecule has 0 radical (unpaired) electrons. The normalized spacial score (nSPS) is 11.4. The highest BCUT2D eigenvalue weighted by molar-refractivity contribution is 7.89. The minimum atomic E-state index is -3.50. The minimum absolute atomic E-state index is 0.173. The Morgan fingerprint density at radius 3 is 2.32 bits per heavy atom. The highest BCUT2D eigenvalue weighted by Gasteiger charge is 2.17. The number of anilines is 1. The maximum absolute atomic E-state index is 12.6. The molecular formula is C21H28N2O4S. The van der Waals surface area contributed by atoms with Crippen LogP contribution in [0.2, 0.25) is 0 Å². The second-order valence-electron chi connectivity index (χ2n) is 6.67. The second kappa shape index (κ2) is 10.2. The van der Waals surface area contributed by atoms with Crippen molar-refractivity contribution < 1.29 is 17.9 Å². The molecule has 1 N–H and O–H groups in total. The number of para-hydroxylation sites is 1. The third-order valence-corrected chi connectivity index (χ3v) is 6.11. The van der Waals surface area contributed by atoms with Gasteiger partial charge in [-0.25, -0.2) is 12.7 Å². The van der Waals surface area contributed by atoms with Gasteiger partial charge in [0.2, 0.25) is 10.0 Å². The van der Waals surface area contributed by atoms with Gasteiger partial charge in [0.05, 0.1) is 17.1 Å². The molecule has 0 fully saturated rings. The van der Waals surface area contributed by atoms with Gasteiger partial charge in [-0.05, 0) is 42.8 Å². The van der Waals surface area contributed by atoms with Gasteiger partial charge in [0.15, 0.2) is 0 Å². The summed E-state index contributed by atoms with van der Waals surface area (Å²) in [6.07, 6.45) is 4.39. The number of amides is 1. The first-order valence-corrected chi connectivity index (χ1v) is 10.9. The van der Waals surface area contributed by atoms with Gasteiger partial charge >= 0.3 is 0 Å². The molecule has 0 heterocycles. The van der Waals surface area contributed by atoms with Gasteiger partial charge in [-0.1, -0.05) is 38.3 Å². The molecular weight excluding hydrogens is 376 g/mol. The topological polar surface area (TPSA) is 75.7 Å². The van der Waals surface area contributed by atoms with Crippen LogP contribution >= 0.6 is 0 Å². The molecule has 2 aromatic rings. The molecule has 0 aliphatic rings. The van der Waals surface area contributed by atoms with Crippen LogP contribution in [-0.2, 0) is 10.0 Å². The summed E-state index contributed by atoms with van der Waals surface area (Å²) in [4.78, 5) is 12.8. The lowest BCUT2D eigenvalue weighted by molar-refractivity contribution is 0.102. The molecule has 0 aliphatic carbocycles. The molecule has 6 nitrogen and oxygen atoms in total. The van der Waals surface area contributed by atoms with E-state index in [-0.39, 0.29) is 10.8 Å². The zero-order valence-corrected chi connectivity index (χ0v) is 17.5. The van der Waals surface area contributed by atoms with E-state index in [0.29, 0.717) is 23.6 Å².